The summed E-state index contributed by atoms with van der Waals surface area (Å²) in [7, 11) is 1.49. The maximum atomic E-state index is 13.2. The highest BCUT2D eigenvalue weighted by Gasteiger charge is 2.51. The highest BCUT2D eigenvalue weighted by Crippen LogP contribution is 2.44. The van der Waals surface area contributed by atoms with Gasteiger partial charge in [0, 0.05) is 26.0 Å². The van der Waals surface area contributed by atoms with Gasteiger partial charge in [0.2, 0.25) is 5.91 Å². The lowest BCUT2D eigenvalue weighted by atomic mass is 9.97. The molecule has 4 rings (SSSR count). The molecule has 1 aliphatic heterocycles. The van der Waals surface area contributed by atoms with Crippen LogP contribution in [0.15, 0.2) is 48.5 Å². The van der Waals surface area contributed by atoms with E-state index in [2.05, 4.69) is 17.4 Å². The Morgan fingerprint density at radius 1 is 1.12 bits per heavy atom. The van der Waals surface area contributed by atoms with Gasteiger partial charge in [-0.3, -0.25) is 4.79 Å². The first kappa shape index (κ1) is 23.8. The zero-order valence-corrected chi connectivity index (χ0v) is 19.6. The molecule has 2 amide bonds. The SMILES string of the molecule is CCC(NC(=O)OCC1c2ccccc2-c2ccccc21)C(=O)N1CC(OC)CC1(C)C(=O)O. The van der Waals surface area contributed by atoms with E-state index in [0.29, 0.717) is 6.42 Å². The van der Waals surface area contributed by atoms with Gasteiger partial charge in [-0.2, -0.15) is 0 Å². The summed E-state index contributed by atoms with van der Waals surface area (Å²) in [5.74, 6) is -1.65. The van der Waals surface area contributed by atoms with Gasteiger partial charge in [0.25, 0.3) is 0 Å². The summed E-state index contributed by atoms with van der Waals surface area (Å²) in [6.45, 7) is 3.55. The lowest BCUT2D eigenvalue weighted by Crippen LogP contribution is -2.57. The van der Waals surface area contributed by atoms with E-state index in [-0.39, 0.29) is 31.6 Å². The smallest absolute Gasteiger partial charge is 0.407 e. The number of hydrogen-bond acceptors (Lipinski definition) is 5. The third kappa shape index (κ3) is 4.14. The molecule has 34 heavy (non-hydrogen) atoms. The van der Waals surface area contributed by atoms with Gasteiger partial charge in [0.15, 0.2) is 0 Å². The Morgan fingerprint density at radius 3 is 2.24 bits per heavy atom. The van der Waals surface area contributed by atoms with Gasteiger partial charge in [-0.25, -0.2) is 9.59 Å². The number of carboxylic acids is 1. The number of fused-ring (bicyclic) bond motifs is 3. The van der Waals surface area contributed by atoms with Crippen LogP contribution in [-0.2, 0) is 19.1 Å². The first-order valence-corrected chi connectivity index (χ1v) is 11.5. The Balaban J connectivity index is 1.43. The minimum Gasteiger partial charge on any atom is -0.480 e. The van der Waals surface area contributed by atoms with Gasteiger partial charge in [-0.05, 0) is 35.6 Å². The molecule has 1 saturated heterocycles. The summed E-state index contributed by atoms with van der Waals surface area (Å²) < 4.78 is 10.9. The molecule has 1 fully saturated rings. The topological polar surface area (TPSA) is 105 Å². The molecule has 1 heterocycles. The Bertz CT molecular complexity index is 1060. The molecular formula is C26H30N2O6. The predicted octanol–water partition coefficient (Wildman–Crippen LogP) is 3.39. The van der Waals surface area contributed by atoms with Crippen molar-refractivity contribution in [3.05, 3.63) is 59.7 Å². The third-order valence-electron chi connectivity index (χ3n) is 7.01. The molecule has 180 valence electrons. The number of likely N-dealkylation sites (tertiary alicyclic amines) is 1. The lowest BCUT2D eigenvalue weighted by molar-refractivity contribution is -0.156. The molecule has 3 unspecified atom stereocenters. The largest absolute Gasteiger partial charge is 0.480 e. The van der Waals surface area contributed by atoms with Crippen molar-refractivity contribution in [2.45, 2.75) is 50.3 Å². The van der Waals surface area contributed by atoms with Crippen LogP contribution >= 0.6 is 0 Å². The van der Waals surface area contributed by atoms with Gasteiger partial charge in [0.05, 0.1) is 6.10 Å². The zero-order valence-electron chi connectivity index (χ0n) is 19.6. The van der Waals surface area contributed by atoms with Gasteiger partial charge >= 0.3 is 12.1 Å². The van der Waals surface area contributed by atoms with Crippen molar-refractivity contribution in [1.29, 1.82) is 0 Å². The first-order valence-electron chi connectivity index (χ1n) is 11.5. The molecule has 0 aromatic heterocycles. The molecule has 1 aliphatic carbocycles. The number of amides is 2. The van der Waals surface area contributed by atoms with Crippen LogP contribution < -0.4 is 5.32 Å². The van der Waals surface area contributed by atoms with Gasteiger partial charge < -0.3 is 24.8 Å². The van der Waals surface area contributed by atoms with Crippen LogP contribution in [0.4, 0.5) is 4.79 Å². The lowest BCUT2D eigenvalue weighted by Gasteiger charge is -2.33. The maximum absolute atomic E-state index is 13.2. The van der Waals surface area contributed by atoms with Crippen molar-refractivity contribution >= 4 is 18.0 Å². The third-order valence-corrected chi connectivity index (χ3v) is 7.01. The minimum atomic E-state index is -1.39. The predicted molar refractivity (Wildman–Crippen MR) is 125 cm³/mol. The fraction of sp³-hybridized carbons (Fsp3) is 0.423. The molecule has 8 heteroatoms. The Morgan fingerprint density at radius 2 is 1.71 bits per heavy atom. The summed E-state index contributed by atoms with van der Waals surface area (Å²) in [6, 6.07) is 15.2. The summed E-state index contributed by atoms with van der Waals surface area (Å²) in [5.41, 5.74) is 3.06. The number of carbonyl (C=O) groups excluding carboxylic acids is 2. The monoisotopic (exact) mass is 466 g/mol. The molecular weight excluding hydrogens is 436 g/mol. The van der Waals surface area contributed by atoms with Gasteiger partial charge in [-0.1, -0.05) is 55.5 Å². The van der Waals surface area contributed by atoms with Crippen LogP contribution in [-0.4, -0.2) is 65.9 Å². The number of hydrogen-bond donors (Lipinski definition) is 2. The van der Waals surface area contributed by atoms with Crippen molar-refractivity contribution in [1.82, 2.24) is 10.2 Å². The van der Waals surface area contributed by atoms with E-state index in [1.165, 1.54) is 18.9 Å². The van der Waals surface area contributed by atoms with Crippen molar-refractivity contribution in [2.75, 3.05) is 20.3 Å². The molecule has 2 aliphatic rings. The fourth-order valence-corrected chi connectivity index (χ4v) is 5.03. The van der Waals surface area contributed by atoms with Crippen LogP contribution in [0.5, 0.6) is 0 Å². The van der Waals surface area contributed by atoms with Crippen molar-refractivity contribution in [2.24, 2.45) is 0 Å². The van der Waals surface area contributed by atoms with Crippen molar-refractivity contribution in [3.63, 3.8) is 0 Å². The van der Waals surface area contributed by atoms with Crippen molar-refractivity contribution in [3.8, 4) is 11.1 Å². The number of nitrogens with zero attached hydrogens (tertiary/aromatic N) is 1. The summed E-state index contributed by atoms with van der Waals surface area (Å²) in [5, 5.41) is 12.4. The Labute approximate surface area is 198 Å². The number of methoxy groups -OCH3 is 1. The highest BCUT2D eigenvalue weighted by atomic mass is 16.5. The second-order valence-electron chi connectivity index (χ2n) is 9.02. The van der Waals surface area contributed by atoms with Crippen LogP contribution in [0, 0.1) is 0 Å². The molecule has 0 bridgehead atoms. The number of alkyl carbamates (subject to hydrolysis) is 1. The van der Waals surface area contributed by atoms with E-state index in [9.17, 15) is 19.5 Å². The van der Waals surface area contributed by atoms with Crippen LogP contribution in [0.1, 0.15) is 43.7 Å². The summed E-state index contributed by atoms with van der Waals surface area (Å²) in [6.07, 6.45) is -0.600. The number of ether oxygens (including phenoxy) is 2. The number of benzene rings is 2. The first-order chi connectivity index (χ1) is 16.3. The average molecular weight is 467 g/mol. The highest BCUT2D eigenvalue weighted by molar-refractivity contribution is 5.92. The van der Waals surface area contributed by atoms with E-state index in [1.54, 1.807) is 6.92 Å². The van der Waals surface area contributed by atoms with Crippen molar-refractivity contribution < 1.29 is 29.0 Å². The van der Waals surface area contributed by atoms with E-state index in [4.69, 9.17) is 9.47 Å². The number of carboxylic acid groups (broad SMARTS) is 1. The molecule has 0 saturated carbocycles. The number of aliphatic carboxylic acids is 1. The molecule has 2 N–H and O–H groups in total. The standard InChI is InChI=1S/C26H30N2O6/c1-4-22(23(29)28-14-16(33-3)13-26(28,2)24(30)31)27-25(32)34-15-21-19-11-7-5-9-17(19)18-10-6-8-12-20(18)21/h5-12,16,21-22H,4,13-15H2,1-3H3,(H,27,32)(H,30,31). The maximum Gasteiger partial charge on any atom is 0.407 e. The summed E-state index contributed by atoms with van der Waals surface area (Å²) in [4.78, 5) is 39.1. The number of rotatable bonds is 7. The number of carbonyl (C=O) groups is 3. The Hall–Kier alpha value is -3.39. The van der Waals surface area contributed by atoms with Gasteiger partial charge in [-0.15, -0.1) is 0 Å². The van der Waals surface area contributed by atoms with Gasteiger partial charge in [0.1, 0.15) is 18.2 Å². The Kier molecular flexibility index (Phi) is 6.61. The van der Waals surface area contributed by atoms with Crippen LogP contribution in [0.2, 0.25) is 0 Å². The van der Waals surface area contributed by atoms with E-state index >= 15 is 0 Å². The quantitative estimate of drug-likeness (QED) is 0.648. The molecule has 2 aromatic carbocycles. The average Bonchev–Trinajstić information content (AvgIpc) is 3.36. The number of nitrogens with one attached hydrogen (secondary N) is 1. The molecule has 8 nitrogen and oxygen atoms in total. The van der Waals surface area contributed by atoms with E-state index < -0.39 is 29.6 Å². The molecule has 3 atom stereocenters. The zero-order chi connectivity index (χ0) is 24.5. The summed E-state index contributed by atoms with van der Waals surface area (Å²) >= 11 is 0. The second kappa shape index (κ2) is 9.46. The normalized spacial score (nSPS) is 22.1. The molecule has 0 radical (unpaired) electrons. The van der Waals surface area contributed by atoms with Crippen LogP contribution in [0.3, 0.4) is 0 Å². The van der Waals surface area contributed by atoms with E-state index in [0.717, 1.165) is 22.3 Å². The fourth-order valence-electron chi connectivity index (χ4n) is 5.03. The van der Waals surface area contributed by atoms with E-state index in [1.807, 2.05) is 36.4 Å². The molecule has 2 aromatic rings. The van der Waals surface area contributed by atoms with Crippen LogP contribution in [0.25, 0.3) is 11.1 Å². The minimum absolute atomic E-state index is 0.0923. The molecule has 0 spiro atoms. The second-order valence-corrected chi connectivity index (χ2v) is 9.02.